The molecule has 7 aromatic carbocycles. The molecule has 234 valence electrons. The van der Waals surface area contributed by atoms with Gasteiger partial charge in [0, 0.05) is 45.1 Å². The smallest absolute Gasteiger partial charge is 0.164 e. The Bertz CT molecular complexity index is 2650. The zero-order valence-electron chi connectivity index (χ0n) is 27.2. The van der Waals surface area contributed by atoms with Crippen molar-refractivity contribution in [2.45, 2.75) is 6.42 Å². The second-order valence-electron chi connectivity index (χ2n) is 12.8. The minimum absolute atomic E-state index is 0.654. The lowest BCUT2D eigenvalue weighted by molar-refractivity contribution is 1.07. The van der Waals surface area contributed by atoms with Crippen molar-refractivity contribution in [1.29, 1.82) is 0 Å². The number of aromatic nitrogens is 4. The number of fused-ring (bicyclic) bond motifs is 7. The van der Waals surface area contributed by atoms with E-state index in [-0.39, 0.29) is 0 Å². The molecule has 0 amide bonds. The molecule has 9 aromatic rings. The molecule has 2 aromatic heterocycles. The van der Waals surface area contributed by atoms with Crippen molar-refractivity contribution in [2.24, 2.45) is 0 Å². The third-order valence-corrected chi connectivity index (χ3v) is 9.91. The van der Waals surface area contributed by atoms with E-state index >= 15 is 0 Å². The summed E-state index contributed by atoms with van der Waals surface area (Å²) >= 11 is 0. The van der Waals surface area contributed by atoms with Crippen LogP contribution in [0.4, 0.5) is 0 Å². The maximum Gasteiger partial charge on any atom is 0.164 e. The summed E-state index contributed by atoms with van der Waals surface area (Å²) in [5.41, 5.74) is 14.2. The van der Waals surface area contributed by atoms with Crippen LogP contribution in [-0.4, -0.2) is 19.5 Å². The molecule has 0 atom stereocenters. The number of hydrogen-bond donors (Lipinski definition) is 0. The van der Waals surface area contributed by atoms with Crippen LogP contribution < -0.4 is 0 Å². The maximum atomic E-state index is 4.96. The summed E-state index contributed by atoms with van der Waals surface area (Å²) in [6.07, 6.45) is 0.820. The second-order valence-corrected chi connectivity index (χ2v) is 12.8. The van der Waals surface area contributed by atoms with Crippen molar-refractivity contribution in [3.05, 3.63) is 181 Å². The normalized spacial score (nSPS) is 11.9. The topological polar surface area (TPSA) is 43.6 Å². The highest BCUT2D eigenvalue weighted by molar-refractivity contribution is 6.14. The Morgan fingerprint density at radius 1 is 0.380 bits per heavy atom. The molecule has 0 saturated carbocycles. The van der Waals surface area contributed by atoms with Gasteiger partial charge < -0.3 is 4.57 Å². The van der Waals surface area contributed by atoms with E-state index < -0.39 is 0 Å². The van der Waals surface area contributed by atoms with Crippen LogP contribution in [0.1, 0.15) is 11.1 Å². The first kappa shape index (κ1) is 28.4. The summed E-state index contributed by atoms with van der Waals surface area (Å²) in [5.74, 6) is 1.97. The number of nitrogens with zero attached hydrogens (tertiary/aromatic N) is 4. The molecule has 0 fully saturated rings. The summed E-state index contributed by atoms with van der Waals surface area (Å²) in [7, 11) is 0. The highest BCUT2D eigenvalue weighted by Crippen LogP contribution is 2.44. The lowest BCUT2D eigenvalue weighted by Gasteiger charge is -2.23. The molecule has 0 saturated heterocycles. The Balaban J connectivity index is 1.13. The molecule has 1 aliphatic rings. The SMILES string of the molecule is c1ccc(-c2nc(-c3ccccc3)nc(-c3ccc(-c4cccc5c4Cc4ccccc4-n4c6ccccc6c6cccc-5c64)cc3)n2)cc1. The highest BCUT2D eigenvalue weighted by Gasteiger charge is 2.24. The van der Waals surface area contributed by atoms with E-state index in [1.54, 1.807) is 0 Å². The molecule has 50 heavy (non-hydrogen) atoms. The van der Waals surface area contributed by atoms with Crippen LogP contribution in [0.2, 0.25) is 0 Å². The van der Waals surface area contributed by atoms with Gasteiger partial charge >= 0.3 is 0 Å². The molecule has 4 heteroatoms. The van der Waals surface area contributed by atoms with Crippen molar-refractivity contribution in [1.82, 2.24) is 19.5 Å². The van der Waals surface area contributed by atoms with Gasteiger partial charge in [0.2, 0.25) is 0 Å². The molecule has 4 nitrogen and oxygen atoms in total. The largest absolute Gasteiger partial charge is 0.308 e. The fourth-order valence-electron chi connectivity index (χ4n) is 7.59. The lowest BCUT2D eigenvalue weighted by Crippen LogP contribution is -2.06. The van der Waals surface area contributed by atoms with E-state index in [1.807, 2.05) is 60.7 Å². The molecule has 0 unspecified atom stereocenters. The van der Waals surface area contributed by atoms with Crippen LogP contribution >= 0.6 is 0 Å². The van der Waals surface area contributed by atoms with Gasteiger partial charge in [0.15, 0.2) is 17.5 Å². The molecule has 0 bridgehead atoms. The summed E-state index contributed by atoms with van der Waals surface area (Å²) in [5, 5.41) is 2.55. The van der Waals surface area contributed by atoms with E-state index in [0.717, 1.165) is 28.7 Å². The summed E-state index contributed by atoms with van der Waals surface area (Å²) in [6, 6.07) is 60.1. The van der Waals surface area contributed by atoms with E-state index in [0.29, 0.717) is 17.5 Å². The maximum absolute atomic E-state index is 4.96. The molecule has 10 rings (SSSR count). The van der Waals surface area contributed by atoms with E-state index in [1.165, 1.54) is 55.3 Å². The Hall–Kier alpha value is -6.65. The van der Waals surface area contributed by atoms with Gasteiger partial charge in [-0.1, -0.05) is 158 Å². The van der Waals surface area contributed by atoms with Gasteiger partial charge in [-0.3, -0.25) is 0 Å². The molecule has 1 aliphatic heterocycles. The second kappa shape index (κ2) is 11.5. The van der Waals surface area contributed by atoms with Gasteiger partial charge in [0.25, 0.3) is 0 Å². The van der Waals surface area contributed by atoms with Crippen molar-refractivity contribution >= 4 is 21.8 Å². The van der Waals surface area contributed by atoms with Crippen molar-refractivity contribution in [3.8, 4) is 62.1 Å². The standard InChI is InChI=1S/C46H30N4/c1-3-13-31(14-4-1)44-47-45(32-15-5-2-6-16-32)49-46(48-44)33-27-25-30(26-28-33)35-19-11-20-36-38-21-12-22-39-37-18-8-10-24-42(37)50(43(38)39)41-23-9-7-17-34(41)29-40(35)36/h1-28H,29H2. The van der Waals surface area contributed by atoms with E-state index in [2.05, 4.69) is 114 Å². The molecular weight excluding hydrogens is 609 g/mol. The first-order chi connectivity index (χ1) is 24.8. The quantitative estimate of drug-likeness (QED) is 0.193. The zero-order chi connectivity index (χ0) is 33.0. The fourth-order valence-corrected chi connectivity index (χ4v) is 7.59. The van der Waals surface area contributed by atoms with Crippen LogP contribution in [0, 0.1) is 0 Å². The van der Waals surface area contributed by atoms with Gasteiger partial charge in [-0.2, -0.15) is 0 Å². The highest BCUT2D eigenvalue weighted by atomic mass is 15.0. The Morgan fingerprint density at radius 2 is 0.900 bits per heavy atom. The number of para-hydroxylation sites is 3. The van der Waals surface area contributed by atoms with Crippen molar-refractivity contribution in [3.63, 3.8) is 0 Å². The Labute approximate surface area is 290 Å². The minimum atomic E-state index is 0.654. The number of hydrogen-bond acceptors (Lipinski definition) is 3. The van der Waals surface area contributed by atoms with Gasteiger partial charge in [-0.25, -0.2) is 15.0 Å². The third kappa shape index (κ3) is 4.57. The lowest BCUT2D eigenvalue weighted by atomic mass is 9.86. The van der Waals surface area contributed by atoms with Crippen LogP contribution in [0.3, 0.4) is 0 Å². The summed E-state index contributed by atoms with van der Waals surface area (Å²) < 4.78 is 2.47. The van der Waals surface area contributed by atoms with E-state index in [4.69, 9.17) is 15.0 Å². The number of benzene rings is 7. The van der Waals surface area contributed by atoms with E-state index in [9.17, 15) is 0 Å². The average Bonchev–Trinajstić information content (AvgIpc) is 3.53. The predicted octanol–water partition coefficient (Wildman–Crippen LogP) is 11.2. The molecule has 0 N–H and O–H groups in total. The van der Waals surface area contributed by atoms with Crippen LogP contribution in [0.25, 0.3) is 83.9 Å². The van der Waals surface area contributed by atoms with Crippen LogP contribution in [-0.2, 0) is 6.42 Å². The van der Waals surface area contributed by atoms with Gasteiger partial charge in [0.1, 0.15) is 0 Å². The van der Waals surface area contributed by atoms with Crippen molar-refractivity contribution in [2.75, 3.05) is 0 Å². The third-order valence-electron chi connectivity index (χ3n) is 9.91. The zero-order valence-corrected chi connectivity index (χ0v) is 27.2. The molecule has 0 aliphatic carbocycles. The first-order valence-electron chi connectivity index (χ1n) is 17.0. The number of rotatable bonds is 4. The fraction of sp³-hybridized carbons (Fsp3) is 0.0217. The molecule has 0 radical (unpaired) electrons. The Morgan fingerprint density at radius 3 is 1.62 bits per heavy atom. The van der Waals surface area contributed by atoms with Crippen LogP contribution in [0.15, 0.2) is 170 Å². The summed E-state index contributed by atoms with van der Waals surface area (Å²) in [4.78, 5) is 14.8. The van der Waals surface area contributed by atoms with Crippen LogP contribution in [0.5, 0.6) is 0 Å². The van der Waals surface area contributed by atoms with Crippen molar-refractivity contribution < 1.29 is 0 Å². The van der Waals surface area contributed by atoms with Gasteiger partial charge in [-0.05, 0) is 39.9 Å². The Kier molecular flexibility index (Phi) is 6.53. The van der Waals surface area contributed by atoms with Gasteiger partial charge in [-0.15, -0.1) is 0 Å². The minimum Gasteiger partial charge on any atom is -0.308 e. The first-order valence-corrected chi connectivity index (χ1v) is 17.0. The van der Waals surface area contributed by atoms with Gasteiger partial charge in [0.05, 0.1) is 11.0 Å². The molecule has 3 heterocycles. The molecular formula is C46H30N4. The molecule has 0 spiro atoms. The summed E-state index contributed by atoms with van der Waals surface area (Å²) in [6.45, 7) is 0. The predicted molar refractivity (Wildman–Crippen MR) is 204 cm³/mol. The average molecular weight is 639 g/mol. The monoisotopic (exact) mass is 638 g/mol.